The van der Waals surface area contributed by atoms with Crippen LogP contribution in [0.3, 0.4) is 0 Å². The van der Waals surface area contributed by atoms with E-state index in [0.717, 1.165) is 33.6 Å². The van der Waals surface area contributed by atoms with Crippen LogP contribution >= 0.6 is 0 Å². The summed E-state index contributed by atoms with van der Waals surface area (Å²) in [4.78, 5) is 17.8. The normalized spacial score (nSPS) is 13.4. The minimum absolute atomic E-state index is 0.0707. The number of allylic oxidation sites excluding steroid dienone is 7. The Kier molecular flexibility index (Phi) is 9.10. The largest absolute Gasteiger partial charge is 0.383 e. The number of hydrogen-bond donors (Lipinski definition) is 0. The van der Waals surface area contributed by atoms with E-state index in [9.17, 15) is 4.79 Å². The highest BCUT2D eigenvalue weighted by Crippen LogP contribution is 2.19. The molecule has 0 unspecified atom stereocenters. The lowest BCUT2D eigenvalue weighted by Crippen LogP contribution is -2.07. The Morgan fingerprint density at radius 3 is 2.11 bits per heavy atom. The third kappa shape index (κ3) is 6.99. The molecule has 1 aromatic carbocycles. The van der Waals surface area contributed by atoms with Crippen LogP contribution in [-0.2, 0) is 11.2 Å². The fourth-order valence-electron chi connectivity index (χ4n) is 2.55. The number of benzene rings is 1. The molecule has 28 heavy (non-hydrogen) atoms. The summed E-state index contributed by atoms with van der Waals surface area (Å²) in [7, 11) is 5.78. The first-order chi connectivity index (χ1) is 13.2. The lowest BCUT2D eigenvalue weighted by atomic mass is 9.96. The number of ketones is 1. The van der Waals surface area contributed by atoms with E-state index in [2.05, 4.69) is 42.4 Å². The van der Waals surface area contributed by atoms with Gasteiger partial charge in [0.25, 0.3) is 0 Å². The summed E-state index contributed by atoms with van der Waals surface area (Å²) in [6, 6.07) is 8.42. The molecule has 1 aromatic rings. The van der Waals surface area contributed by atoms with Crippen molar-refractivity contribution in [1.29, 1.82) is 0 Å². The van der Waals surface area contributed by atoms with E-state index in [1.165, 1.54) is 5.56 Å². The van der Waals surface area contributed by atoms with Gasteiger partial charge in [-0.2, -0.15) is 0 Å². The molecule has 3 nitrogen and oxygen atoms in total. The van der Waals surface area contributed by atoms with Crippen LogP contribution in [-0.4, -0.2) is 37.5 Å². The Labute approximate surface area is 170 Å². The Morgan fingerprint density at radius 1 is 1.07 bits per heavy atom. The van der Waals surface area contributed by atoms with Crippen molar-refractivity contribution in [3.05, 3.63) is 89.7 Å². The highest BCUT2D eigenvalue weighted by molar-refractivity contribution is 6.04. The molecule has 0 aliphatic heterocycles. The molecule has 0 heterocycles. The van der Waals surface area contributed by atoms with Crippen molar-refractivity contribution in [2.24, 2.45) is 4.99 Å². The SMILES string of the molecule is C=C/C(=C\N(C)C)c1ccc(CC(=NC)C(=C)/C(C)=C\C=C(/C)C(C)=O)cc1. The van der Waals surface area contributed by atoms with Crippen LogP contribution < -0.4 is 0 Å². The Morgan fingerprint density at radius 2 is 1.64 bits per heavy atom. The molecule has 0 saturated heterocycles. The lowest BCUT2D eigenvalue weighted by molar-refractivity contribution is -0.113. The Hall–Kier alpha value is -2.94. The highest BCUT2D eigenvalue weighted by atomic mass is 16.1. The van der Waals surface area contributed by atoms with Gasteiger partial charge >= 0.3 is 0 Å². The smallest absolute Gasteiger partial charge is 0.155 e. The molecule has 148 valence electrons. The Bertz CT molecular complexity index is 847. The minimum Gasteiger partial charge on any atom is -0.383 e. The number of nitrogens with zero attached hydrogens (tertiary/aromatic N) is 2. The van der Waals surface area contributed by atoms with Crippen molar-refractivity contribution < 1.29 is 4.79 Å². The first kappa shape index (κ1) is 23.1. The van der Waals surface area contributed by atoms with Crippen LogP contribution in [0.15, 0.2) is 83.6 Å². The van der Waals surface area contributed by atoms with Gasteiger partial charge in [-0.1, -0.05) is 55.7 Å². The van der Waals surface area contributed by atoms with Gasteiger partial charge in [0.2, 0.25) is 0 Å². The lowest BCUT2D eigenvalue weighted by Gasteiger charge is -2.12. The second-order valence-electron chi connectivity index (χ2n) is 7.03. The number of carbonyl (C=O) groups excluding carboxylic acids is 1. The maximum Gasteiger partial charge on any atom is 0.155 e. The number of aliphatic imine (C=N–C) groups is 1. The molecule has 0 radical (unpaired) electrons. The van der Waals surface area contributed by atoms with Gasteiger partial charge in [-0.25, -0.2) is 0 Å². The van der Waals surface area contributed by atoms with E-state index in [4.69, 9.17) is 0 Å². The zero-order valence-electron chi connectivity index (χ0n) is 18.0. The maximum atomic E-state index is 11.4. The van der Waals surface area contributed by atoms with Gasteiger partial charge in [-0.3, -0.25) is 9.79 Å². The zero-order valence-corrected chi connectivity index (χ0v) is 18.0. The summed E-state index contributed by atoms with van der Waals surface area (Å²) < 4.78 is 0. The summed E-state index contributed by atoms with van der Waals surface area (Å²) in [6.07, 6.45) is 8.37. The van der Waals surface area contributed by atoms with Gasteiger partial charge < -0.3 is 4.90 Å². The monoisotopic (exact) mass is 376 g/mol. The third-order valence-electron chi connectivity index (χ3n) is 4.51. The highest BCUT2D eigenvalue weighted by Gasteiger charge is 2.08. The van der Waals surface area contributed by atoms with E-state index < -0.39 is 0 Å². The minimum atomic E-state index is 0.0707. The van der Waals surface area contributed by atoms with E-state index in [-0.39, 0.29) is 5.78 Å². The summed E-state index contributed by atoms with van der Waals surface area (Å²) in [5, 5.41) is 0. The second-order valence-corrected chi connectivity index (χ2v) is 7.03. The molecule has 0 atom stereocenters. The average Bonchev–Trinajstić information content (AvgIpc) is 2.67. The second kappa shape index (κ2) is 11.0. The van der Waals surface area contributed by atoms with E-state index in [0.29, 0.717) is 6.42 Å². The quantitative estimate of drug-likeness (QED) is 0.327. The van der Waals surface area contributed by atoms with Crippen LogP contribution in [0, 0.1) is 0 Å². The van der Waals surface area contributed by atoms with Gasteiger partial charge in [0.05, 0.1) is 0 Å². The van der Waals surface area contributed by atoms with Gasteiger partial charge in [0.1, 0.15) is 0 Å². The zero-order chi connectivity index (χ0) is 21.3. The molecule has 0 amide bonds. The van der Waals surface area contributed by atoms with Crippen molar-refractivity contribution in [1.82, 2.24) is 4.90 Å². The van der Waals surface area contributed by atoms with Crippen LogP contribution in [0.4, 0.5) is 0 Å². The van der Waals surface area contributed by atoms with E-state index >= 15 is 0 Å². The molecular weight excluding hydrogens is 344 g/mol. The van der Waals surface area contributed by atoms with Crippen molar-refractivity contribution >= 4 is 17.1 Å². The van der Waals surface area contributed by atoms with Crippen molar-refractivity contribution in [3.8, 4) is 0 Å². The van der Waals surface area contributed by atoms with Crippen molar-refractivity contribution in [2.75, 3.05) is 21.1 Å². The van der Waals surface area contributed by atoms with E-state index in [1.54, 1.807) is 14.0 Å². The molecule has 0 bridgehead atoms. The van der Waals surface area contributed by atoms with Gasteiger partial charge in [-0.05, 0) is 54.2 Å². The number of hydrogen-bond acceptors (Lipinski definition) is 3. The fraction of sp³-hybridized carbons (Fsp3) is 0.280. The predicted molar refractivity (Wildman–Crippen MR) is 123 cm³/mol. The topological polar surface area (TPSA) is 32.7 Å². The Balaban J connectivity index is 2.98. The molecule has 0 aliphatic rings. The average molecular weight is 377 g/mol. The standard InChI is InChI=1S/C25H32N2O/c1-9-23(17-27(7)8)24-14-12-22(13-15-24)16-25(26-6)20(4)18(2)10-11-19(3)21(5)28/h9-15,17H,1,4,16H2,2-3,5-8H3/b18-10-,19-11+,23-17+,26-25?. The molecule has 0 aromatic heterocycles. The fourth-order valence-corrected chi connectivity index (χ4v) is 2.55. The molecule has 0 saturated carbocycles. The third-order valence-corrected chi connectivity index (χ3v) is 4.51. The summed E-state index contributed by atoms with van der Waals surface area (Å²) in [5.41, 5.74) is 6.92. The van der Waals surface area contributed by atoms with Gasteiger partial charge in [0.15, 0.2) is 5.78 Å². The number of rotatable bonds is 9. The van der Waals surface area contributed by atoms with Crippen LogP contribution in [0.5, 0.6) is 0 Å². The van der Waals surface area contributed by atoms with Crippen LogP contribution in [0.25, 0.3) is 5.57 Å². The number of Topliss-reactive ketones (excluding diaryl/α,β-unsaturated/α-hetero) is 1. The first-order valence-electron chi connectivity index (χ1n) is 9.31. The number of carbonyl (C=O) groups is 1. The van der Waals surface area contributed by atoms with Gasteiger partial charge in [0, 0.05) is 39.5 Å². The van der Waals surface area contributed by atoms with Crippen molar-refractivity contribution in [3.63, 3.8) is 0 Å². The maximum absolute atomic E-state index is 11.4. The van der Waals surface area contributed by atoms with Crippen LogP contribution in [0.1, 0.15) is 31.9 Å². The van der Waals surface area contributed by atoms with Gasteiger partial charge in [-0.15, -0.1) is 0 Å². The molecule has 3 heteroatoms. The van der Waals surface area contributed by atoms with Crippen LogP contribution in [0.2, 0.25) is 0 Å². The van der Waals surface area contributed by atoms with Crippen molar-refractivity contribution in [2.45, 2.75) is 27.2 Å². The summed E-state index contributed by atoms with van der Waals surface area (Å²) in [6.45, 7) is 13.5. The molecule has 1 rings (SSSR count). The van der Waals surface area contributed by atoms with E-state index in [1.807, 2.05) is 57.3 Å². The molecule has 0 fully saturated rings. The molecule has 0 aliphatic carbocycles. The molecule has 0 N–H and O–H groups in total. The first-order valence-corrected chi connectivity index (χ1v) is 9.31. The predicted octanol–water partition coefficient (Wildman–Crippen LogP) is 5.43. The summed E-state index contributed by atoms with van der Waals surface area (Å²) in [5.74, 6) is 0.0707. The molecular formula is C25H32N2O. The summed E-state index contributed by atoms with van der Waals surface area (Å²) >= 11 is 0. The molecule has 0 spiro atoms.